The molecule has 3 rings (SSSR count). The van der Waals surface area contributed by atoms with Crippen LogP contribution in [0.4, 0.5) is 8.78 Å². The molecule has 0 fully saturated rings. The van der Waals surface area contributed by atoms with Crippen LogP contribution in [-0.2, 0) is 6.42 Å². The van der Waals surface area contributed by atoms with Crippen molar-refractivity contribution in [3.63, 3.8) is 0 Å². The molecule has 0 aliphatic rings. The van der Waals surface area contributed by atoms with Gasteiger partial charge in [0.1, 0.15) is 11.3 Å². The Morgan fingerprint density at radius 1 is 1.19 bits per heavy atom. The van der Waals surface area contributed by atoms with Crippen LogP contribution in [0, 0.1) is 5.82 Å². The number of carbonyl (C=O) groups is 1. The molecule has 27 heavy (non-hydrogen) atoms. The number of amides is 1. The van der Waals surface area contributed by atoms with Crippen LogP contribution < -0.4 is 5.32 Å². The molecule has 2 aromatic carbocycles. The SMILES string of the molecule is CC(F)CC(C)(Cc1ccccc1)NC(=O)c1cnc2c(F)cccc2c1. The van der Waals surface area contributed by atoms with Crippen molar-refractivity contribution in [2.75, 3.05) is 0 Å². The molecule has 0 spiro atoms. The number of rotatable bonds is 6. The molecule has 1 amide bonds. The lowest BCUT2D eigenvalue weighted by Gasteiger charge is -2.32. The molecule has 1 aromatic heterocycles. The number of nitrogens with zero attached hydrogens (tertiary/aromatic N) is 1. The maximum atomic E-state index is 13.8. The van der Waals surface area contributed by atoms with E-state index in [1.807, 2.05) is 37.3 Å². The van der Waals surface area contributed by atoms with Crippen LogP contribution in [0.5, 0.6) is 0 Å². The maximum Gasteiger partial charge on any atom is 0.253 e. The Morgan fingerprint density at radius 2 is 1.93 bits per heavy atom. The fourth-order valence-corrected chi connectivity index (χ4v) is 3.43. The summed E-state index contributed by atoms with van der Waals surface area (Å²) < 4.78 is 27.6. The lowest BCUT2D eigenvalue weighted by atomic mass is 9.87. The average molecular weight is 368 g/mol. The van der Waals surface area contributed by atoms with Crippen molar-refractivity contribution in [2.24, 2.45) is 0 Å². The van der Waals surface area contributed by atoms with Gasteiger partial charge in [0.2, 0.25) is 0 Å². The molecule has 3 nitrogen and oxygen atoms in total. The molecule has 2 atom stereocenters. The molecule has 140 valence electrons. The highest BCUT2D eigenvalue weighted by Gasteiger charge is 2.29. The molecule has 0 aliphatic carbocycles. The zero-order chi connectivity index (χ0) is 19.4. The van der Waals surface area contributed by atoms with Crippen molar-refractivity contribution >= 4 is 16.8 Å². The quantitative estimate of drug-likeness (QED) is 0.676. The standard InChI is InChI=1S/C22H22F2N2O/c1-15(23)12-22(2,13-16-7-4-3-5-8-16)26-21(27)18-11-17-9-6-10-19(24)20(17)25-14-18/h3-11,14-15H,12-13H2,1-2H3,(H,26,27). The zero-order valence-electron chi connectivity index (χ0n) is 15.4. The van der Waals surface area contributed by atoms with E-state index in [9.17, 15) is 13.6 Å². The van der Waals surface area contributed by atoms with Crippen LogP contribution in [0.3, 0.4) is 0 Å². The first-order chi connectivity index (χ1) is 12.9. The molecule has 0 saturated carbocycles. The number of carbonyl (C=O) groups excluding carboxylic acids is 1. The molecule has 0 bridgehead atoms. The summed E-state index contributed by atoms with van der Waals surface area (Å²) in [6, 6.07) is 15.9. The monoisotopic (exact) mass is 368 g/mol. The van der Waals surface area contributed by atoms with E-state index in [1.54, 1.807) is 18.2 Å². The average Bonchev–Trinajstić information content (AvgIpc) is 2.61. The van der Waals surface area contributed by atoms with Crippen LogP contribution in [-0.4, -0.2) is 22.6 Å². The summed E-state index contributed by atoms with van der Waals surface area (Å²) >= 11 is 0. The molecule has 5 heteroatoms. The van der Waals surface area contributed by atoms with E-state index in [0.717, 1.165) is 5.56 Å². The molecule has 2 unspecified atom stereocenters. The van der Waals surface area contributed by atoms with Crippen molar-refractivity contribution in [1.82, 2.24) is 10.3 Å². The predicted molar refractivity (Wildman–Crippen MR) is 103 cm³/mol. The summed E-state index contributed by atoms with van der Waals surface area (Å²) in [5, 5.41) is 3.50. The van der Waals surface area contributed by atoms with Gasteiger partial charge in [0, 0.05) is 23.5 Å². The van der Waals surface area contributed by atoms with Crippen LogP contribution in [0.25, 0.3) is 10.9 Å². The highest BCUT2D eigenvalue weighted by molar-refractivity contribution is 5.97. The third-order valence-corrected chi connectivity index (χ3v) is 4.51. The Labute approximate surface area is 157 Å². The van der Waals surface area contributed by atoms with Gasteiger partial charge in [0.15, 0.2) is 0 Å². The van der Waals surface area contributed by atoms with Gasteiger partial charge in [0.25, 0.3) is 5.91 Å². The summed E-state index contributed by atoms with van der Waals surface area (Å²) in [6.45, 7) is 3.32. The normalized spacial score (nSPS) is 14.5. The molecule has 1 N–H and O–H groups in total. The number of benzene rings is 2. The van der Waals surface area contributed by atoms with Gasteiger partial charge in [-0.05, 0) is 38.0 Å². The molecule has 3 aromatic rings. The molecule has 1 heterocycles. The summed E-state index contributed by atoms with van der Waals surface area (Å²) in [5.41, 5.74) is 0.792. The van der Waals surface area contributed by atoms with Crippen molar-refractivity contribution in [1.29, 1.82) is 0 Å². The Bertz CT molecular complexity index is 943. The number of halogens is 2. The fraction of sp³-hybridized carbons (Fsp3) is 0.273. The number of hydrogen-bond donors (Lipinski definition) is 1. The second kappa shape index (κ2) is 7.82. The van der Waals surface area contributed by atoms with Gasteiger partial charge in [-0.15, -0.1) is 0 Å². The van der Waals surface area contributed by atoms with E-state index in [2.05, 4.69) is 10.3 Å². The first-order valence-corrected chi connectivity index (χ1v) is 8.91. The van der Waals surface area contributed by atoms with Gasteiger partial charge >= 0.3 is 0 Å². The summed E-state index contributed by atoms with van der Waals surface area (Å²) in [5.74, 6) is -0.785. The Balaban J connectivity index is 1.85. The zero-order valence-corrected chi connectivity index (χ0v) is 15.4. The third kappa shape index (κ3) is 4.67. The summed E-state index contributed by atoms with van der Waals surface area (Å²) in [6.07, 6.45) is 0.970. The van der Waals surface area contributed by atoms with Crippen LogP contribution >= 0.6 is 0 Å². The number of hydrogen-bond acceptors (Lipinski definition) is 2. The Kier molecular flexibility index (Phi) is 5.49. The van der Waals surface area contributed by atoms with E-state index in [1.165, 1.54) is 19.2 Å². The summed E-state index contributed by atoms with van der Waals surface area (Å²) in [4.78, 5) is 16.9. The van der Waals surface area contributed by atoms with Gasteiger partial charge in [-0.3, -0.25) is 9.78 Å². The molecular weight excluding hydrogens is 346 g/mol. The van der Waals surface area contributed by atoms with Crippen molar-refractivity contribution in [3.8, 4) is 0 Å². The van der Waals surface area contributed by atoms with Gasteiger partial charge < -0.3 is 5.32 Å². The van der Waals surface area contributed by atoms with E-state index in [0.29, 0.717) is 17.4 Å². The maximum absolute atomic E-state index is 13.8. The van der Waals surface area contributed by atoms with Crippen molar-refractivity contribution < 1.29 is 13.6 Å². The van der Waals surface area contributed by atoms with E-state index in [4.69, 9.17) is 0 Å². The van der Waals surface area contributed by atoms with Gasteiger partial charge in [-0.2, -0.15) is 0 Å². The van der Waals surface area contributed by atoms with Gasteiger partial charge in [-0.1, -0.05) is 42.5 Å². The molecular formula is C22H22F2N2O. The second-order valence-corrected chi connectivity index (χ2v) is 7.20. The largest absolute Gasteiger partial charge is 0.346 e. The molecule has 0 radical (unpaired) electrons. The highest BCUT2D eigenvalue weighted by Crippen LogP contribution is 2.22. The van der Waals surface area contributed by atoms with Gasteiger partial charge in [-0.25, -0.2) is 8.78 Å². The van der Waals surface area contributed by atoms with Crippen molar-refractivity contribution in [2.45, 2.75) is 38.4 Å². The predicted octanol–water partition coefficient (Wildman–Crippen LogP) is 4.85. The fourth-order valence-electron chi connectivity index (χ4n) is 3.43. The summed E-state index contributed by atoms with van der Waals surface area (Å²) in [7, 11) is 0. The first-order valence-electron chi connectivity index (χ1n) is 8.91. The Morgan fingerprint density at radius 3 is 2.63 bits per heavy atom. The third-order valence-electron chi connectivity index (χ3n) is 4.51. The molecule has 0 saturated heterocycles. The number of para-hydroxylation sites is 1. The number of nitrogens with one attached hydrogen (secondary N) is 1. The number of aromatic nitrogens is 1. The minimum Gasteiger partial charge on any atom is -0.346 e. The highest BCUT2D eigenvalue weighted by atomic mass is 19.1. The molecule has 0 aliphatic heterocycles. The number of pyridine rings is 1. The minimum absolute atomic E-state index is 0.184. The minimum atomic E-state index is -1.07. The van der Waals surface area contributed by atoms with Crippen molar-refractivity contribution in [3.05, 3.63) is 77.7 Å². The van der Waals surface area contributed by atoms with E-state index in [-0.39, 0.29) is 17.8 Å². The Hall–Kier alpha value is -2.82. The van der Waals surface area contributed by atoms with E-state index < -0.39 is 17.5 Å². The van der Waals surface area contributed by atoms with Crippen LogP contribution in [0.2, 0.25) is 0 Å². The second-order valence-electron chi connectivity index (χ2n) is 7.20. The van der Waals surface area contributed by atoms with Gasteiger partial charge in [0.05, 0.1) is 11.7 Å². The lowest BCUT2D eigenvalue weighted by molar-refractivity contribution is 0.0886. The first kappa shape index (κ1) is 19.0. The topological polar surface area (TPSA) is 42.0 Å². The van der Waals surface area contributed by atoms with Crippen LogP contribution in [0.1, 0.15) is 36.2 Å². The smallest absolute Gasteiger partial charge is 0.253 e. The van der Waals surface area contributed by atoms with E-state index >= 15 is 0 Å². The number of fused-ring (bicyclic) bond motifs is 1. The number of alkyl halides is 1. The van der Waals surface area contributed by atoms with Crippen LogP contribution in [0.15, 0.2) is 60.8 Å². The lowest BCUT2D eigenvalue weighted by Crippen LogP contribution is -2.49.